The molecule has 1 aliphatic rings. The molecule has 92 valence electrons. The summed E-state index contributed by atoms with van der Waals surface area (Å²) >= 11 is 0. The van der Waals surface area contributed by atoms with Gasteiger partial charge in [0.25, 0.3) is 0 Å². The molecule has 0 bridgehead atoms. The van der Waals surface area contributed by atoms with E-state index >= 15 is 0 Å². The molecule has 0 aromatic heterocycles. The fourth-order valence-electron chi connectivity index (χ4n) is 2.34. The normalized spacial score (nSPS) is 23.2. The Morgan fingerprint density at radius 3 is 2.76 bits per heavy atom. The van der Waals surface area contributed by atoms with Gasteiger partial charge in [-0.25, -0.2) is 0 Å². The molecule has 17 heavy (non-hydrogen) atoms. The van der Waals surface area contributed by atoms with Crippen LogP contribution in [0.2, 0.25) is 0 Å². The first-order chi connectivity index (χ1) is 8.18. The summed E-state index contributed by atoms with van der Waals surface area (Å²) in [4.78, 5) is 13.5. The van der Waals surface area contributed by atoms with Gasteiger partial charge in [-0.1, -0.05) is 30.3 Å². The molecule has 2 atom stereocenters. The first-order valence-electron chi connectivity index (χ1n) is 5.93. The molecular weight excluding hydrogens is 216 g/mol. The van der Waals surface area contributed by atoms with Gasteiger partial charge in [-0.05, 0) is 12.5 Å². The van der Waals surface area contributed by atoms with Crippen molar-refractivity contribution in [3.63, 3.8) is 0 Å². The summed E-state index contributed by atoms with van der Waals surface area (Å²) < 4.78 is 0. The number of hydrogen-bond donors (Lipinski definition) is 2. The molecule has 1 aromatic carbocycles. The number of nitrogens with zero attached hydrogens (tertiary/aromatic N) is 1. The standard InChI is InChI=1S/C13H18N2O2/c1-10-9-15(8-7-14-10)12(13(16)17)11-5-3-2-4-6-11/h2-6,10,12,14H,7-9H2,1H3,(H,16,17)/t10-,12+/m1/s1. The number of aliphatic carboxylic acids is 1. The minimum absolute atomic E-state index is 0.342. The quantitative estimate of drug-likeness (QED) is 0.822. The van der Waals surface area contributed by atoms with Gasteiger partial charge in [0.05, 0.1) is 0 Å². The zero-order valence-electron chi connectivity index (χ0n) is 9.97. The second kappa shape index (κ2) is 5.29. The number of piperazine rings is 1. The molecule has 1 aliphatic heterocycles. The van der Waals surface area contributed by atoms with Gasteiger partial charge in [-0.2, -0.15) is 0 Å². The average Bonchev–Trinajstić information content (AvgIpc) is 2.30. The van der Waals surface area contributed by atoms with Crippen LogP contribution in [0.4, 0.5) is 0 Å². The Balaban J connectivity index is 2.20. The predicted octanol–water partition coefficient (Wildman–Crippen LogP) is 1.11. The van der Waals surface area contributed by atoms with Crippen LogP contribution in [0, 0.1) is 0 Å². The maximum Gasteiger partial charge on any atom is 0.325 e. The summed E-state index contributed by atoms with van der Waals surface area (Å²) in [6.45, 7) is 4.47. The van der Waals surface area contributed by atoms with Crippen LogP contribution in [0.1, 0.15) is 18.5 Å². The van der Waals surface area contributed by atoms with E-state index in [9.17, 15) is 9.90 Å². The molecule has 1 heterocycles. The van der Waals surface area contributed by atoms with Crippen LogP contribution in [0.3, 0.4) is 0 Å². The van der Waals surface area contributed by atoms with E-state index in [-0.39, 0.29) is 0 Å². The molecule has 0 saturated carbocycles. The highest BCUT2D eigenvalue weighted by atomic mass is 16.4. The zero-order chi connectivity index (χ0) is 12.3. The highest BCUT2D eigenvalue weighted by Gasteiger charge is 2.29. The van der Waals surface area contributed by atoms with E-state index in [0.29, 0.717) is 6.04 Å². The maximum absolute atomic E-state index is 11.4. The summed E-state index contributed by atoms with van der Waals surface area (Å²) in [5.74, 6) is -0.773. The van der Waals surface area contributed by atoms with Gasteiger partial charge in [0, 0.05) is 25.7 Å². The first-order valence-corrected chi connectivity index (χ1v) is 5.93. The van der Waals surface area contributed by atoms with Crippen LogP contribution in [0.15, 0.2) is 30.3 Å². The Labute approximate surface area is 101 Å². The third-order valence-electron chi connectivity index (χ3n) is 3.11. The minimum Gasteiger partial charge on any atom is -0.480 e. The van der Waals surface area contributed by atoms with Gasteiger partial charge in [-0.3, -0.25) is 9.69 Å². The highest BCUT2D eigenvalue weighted by molar-refractivity contribution is 5.75. The maximum atomic E-state index is 11.4. The number of hydrogen-bond acceptors (Lipinski definition) is 3. The second-order valence-corrected chi connectivity index (χ2v) is 4.50. The molecular formula is C13H18N2O2. The van der Waals surface area contributed by atoms with Gasteiger partial charge in [0.15, 0.2) is 0 Å². The molecule has 0 spiro atoms. The van der Waals surface area contributed by atoms with Crippen molar-refractivity contribution in [2.75, 3.05) is 19.6 Å². The van der Waals surface area contributed by atoms with Crippen LogP contribution < -0.4 is 5.32 Å². The van der Waals surface area contributed by atoms with E-state index in [4.69, 9.17) is 0 Å². The largest absolute Gasteiger partial charge is 0.480 e. The highest BCUT2D eigenvalue weighted by Crippen LogP contribution is 2.22. The Bertz CT molecular complexity index is 380. The van der Waals surface area contributed by atoms with E-state index in [1.165, 1.54) is 0 Å². The van der Waals surface area contributed by atoms with E-state index in [0.717, 1.165) is 25.2 Å². The van der Waals surface area contributed by atoms with Crippen molar-refractivity contribution < 1.29 is 9.90 Å². The smallest absolute Gasteiger partial charge is 0.325 e. The number of carbonyl (C=O) groups is 1. The number of nitrogens with one attached hydrogen (secondary N) is 1. The molecule has 2 N–H and O–H groups in total. The summed E-state index contributed by atoms with van der Waals surface area (Å²) in [6, 6.07) is 9.25. The molecule has 1 fully saturated rings. The topological polar surface area (TPSA) is 52.6 Å². The van der Waals surface area contributed by atoms with Crippen molar-refractivity contribution in [1.82, 2.24) is 10.2 Å². The first kappa shape index (κ1) is 12.1. The SMILES string of the molecule is C[C@@H]1CN([C@H](C(=O)O)c2ccccc2)CCN1. The Kier molecular flexibility index (Phi) is 3.76. The van der Waals surface area contributed by atoms with Crippen molar-refractivity contribution in [1.29, 1.82) is 0 Å². The third kappa shape index (κ3) is 2.84. The number of carboxylic acids is 1. The van der Waals surface area contributed by atoms with Crippen molar-refractivity contribution in [3.8, 4) is 0 Å². The van der Waals surface area contributed by atoms with Gasteiger partial charge in [-0.15, -0.1) is 0 Å². The van der Waals surface area contributed by atoms with Gasteiger partial charge >= 0.3 is 5.97 Å². The minimum atomic E-state index is -0.773. The number of carboxylic acid groups (broad SMARTS) is 1. The lowest BCUT2D eigenvalue weighted by atomic mass is 10.0. The van der Waals surface area contributed by atoms with Crippen LogP contribution in [0.5, 0.6) is 0 Å². The molecule has 4 heteroatoms. The lowest BCUT2D eigenvalue weighted by molar-refractivity contribution is -0.144. The summed E-state index contributed by atoms with van der Waals surface area (Å²) in [5, 5.41) is 12.7. The van der Waals surface area contributed by atoms with Gasteiger partial charge in [0.1, 0.15) is 6.04 Å². The van der Waals surface area contributed by atoms with E-state index < -0.39 is 12.0 Å². The lowest BCUT2D eigenvalue weighted by Crippen LogP contribution is -2.51. The fourth-order valence-corrected chi connectivity index (χ4v) is 2.34. The molecule has 2 rings (SSSR count). The summed E-state index contributed by atoms with van der Waals surface area (Å²) in [6.07, 6.45) is 0. The molecule has 0 unspecified atom stereocenters. The van der Waals surface area contributed by atoms with Crippen molar-refractivity contribution in [2.24, 2.45) is 0 Å². The van der Waals surface area contributed by atoms with Gasteiger partial charge in [0.2, 0.25) is 0 Å². The van der Waals surface area contributed by atoms with Crippen LogP contribution >= 0.6 is 0 Å². The lowest BCUT2D eigenvalue weighted by Gasteiger charge is -2.35. The van der Waals surface area contributed by atoms with Crippen LogP contribution in [0.25, 0.3) is 0 Å². The molecule has 1 saturated heterocycles. The molecule has 1 aromatic rings. The Morgan fingerprint density at radius 1 is 1.47 bits per heavy atom. The van der Waals surface area contributed by atoms with E-state index in [1.54, 1.807) is 0 Å². The Morgan fingerprint density at radius 2 is 2.18 bits per heavy atom. The second-order valence-electron chi connectivity index (χ2n) is 4.50. The fraction of sp³-hybridized carbons (Fsp3) is 0.462. The van der Waals surface area contributed by atoms with Crippen molar-refractivity contribution in [2.45, 2.75) is 19.0 Å². The van der Waals surface area contributed by atoms with Crippen LogP contribution in [-0.2, 0) is 4.79 Å². The molecule has 0 aliphatic carbocycles. The van der Waals surface area contributed by atoms with E-state index in [1.807, 2.05) is 35.2 Å². The predicted molar refractivity (Wildman–Crippen MR) is 65.9 cm³/mol. The Hall–Kier alpha value is -1.39. The van der Waals surface area contributed by atoms with Gasteiger partial charge < -0.3 is 10.4 Å². The molecule has 0 amide bonds. The molecule has 4 nitrogen and oxygen atoms in total. The third-order valence-corrected chi connectivity index (χ3v) is 3.11. The zero-order valence-corrected chi connectivity index (χ0v) is 9.97. The summed E-state index contributed by atoms with van der Waals surface area (Å²) in [7, 11) is 0. The van der Waals surface area contributed by atoms with Crippen molar-refractivity contribution in [3.05, 3.63) is 35.9 Å². The van der Waals surface area contributed by atoms with Crippen LogP contribution in [-0.4, -0.2) is 41.7 Å². The van der Waals surface area contributed by atoms with Crippen molar-refractivity contribution >= 4 is 5.97 Å². The molecule has 0 radical (unpaired) electrons. The summed E-state index contributed by atoms with van der Waals surface area (Å²) in [5.41, 5.74) is 0.856. The average molecular weight is 234 g/mol. The van der Waals surface area contributed by atoms with E-state index in [2.05, 4.69) is 12.2 Å². The monoisotopic (exact) mass is 234 g/mol. The number of benzene rings is 1. The number of rotatable bonds is 3.